The first-order valence-electron chi connectivity index (χ1n) is 47.0. The highest BCUT2D eigenvalue weighted by Gasteiger charge is 2.56. The third-order valence-corrected chi connectivity index (χ3v) is 30.2. The molecule has 3 heteroatoms. The third-order valence-electron chi connectivity index (χ3n) is 30.2. The minimum absolute atomic E-state index is 0.192. The molecular formula is C119H115NO2. The average molecular weight is 1590 g/mol. The number of unbranched alkanes of at least 4 members (excludes halogenated alkanes) is 16. The van der Waals surface area contributed by atoms with E-state index >= 15 is 0 Å². The lowest BCUT2D eigenvalue weighted by atomic mass is 9.62. The van der Waals surface area contributed by atoms with Crippen molar-refractivity contribution in [2.75, 3.05) is 4.90 Å². The van der Waals surface area contributed by atoms with Crippen molar-refractivity contribution >= 4 is 60.9 Å². The molecule has 0 atom stereocenters. The quantitative estimate of drug-likeness (QED) is 0.0406. The van der Waals surface area contributed by atoms with Gasteiger partial charge in [0.2, 0.25) is 0 Å². The summed E-state index contributed by atoms with van der Waals surface area (Å²) in [5.74, 6) is 0. The first kappa shape index (κ1) is 77.8. The fourth-order valence-corrected chi connectivity index (χ4v) is 24.7. The minimum atomic E-state index is -0.804. The van der Waals surface area contributed by atoms with E-state index in [1.54, 1.807) is 16.7 Å². The number of anilines is 3. The van der Waals surface area contributed by atoms with Crippen molar-refractivity contribution < 1.29 is 8.83 Å². The summed E-state index contributed by atoms with van der Waals surface area (Å²) in [6, 6.07) is 116. The molecule has 5 aliphatic carbocycles. The molecule has 2 heterocycles. The molecule has 0 spiro atoms. The highest BCUT2D eigenvalue weighted by Crippen LogP contribution is 2.70. The maximum atomic E-state index is 7.80. The highest BCUT2D eigenvalue weighted by molar-refractivity contribution is 6.21. The largest absolute Gasteiger partial charge is 0.456 e. The Morgan fingerprint density at radius 3 is 1.16 bits per heavy atom. The monoisotopic (exact) mass is 1590 g/mol. The Labute approximate surface area is 723 Å². The standard InChI is InChI=1S/C119H115NO2/c1-7-11-15-19-43-71-116(72-44-20-16-12-8-2)97-60-40-36-56-90(97)109-110-93-58-38-42-62-105(93)122-114(110)111-91-68-65-85(76-100(91)117(113(111)112(109)116,73-45-21-17-13-9-3)74-46-22-18-14-10-4)120(84-63-66-88-87-55-35-39-59-96(87)115(5,6)99(88)75-84)86-64-67-89-94-78-103-95(79-102(94)119(101(89)77-86,82-51-31-25-32-52-82)83-53-33-26-34-54-83)107-98(69-70-106-108(107)92-57-37-41-61-104(92)121-106)118(103,80-47-27-23-28-48-80)81-49-29-24-30-50-81/h23-42,47-70,75-79H,7-22,43-46,71-74H2,1-6H3. The summed E-state index contributed by atoms with van der Waals surface area (Å²) in [7, 11) is 0. The van der Waals surface area contributed by atoms with Crippen LogP contribution in [0.3, 0.4) is 0 Å². The van der Waals surface area contributed by atoms with Crippen molar-refractivity contribution in [1.29, 1.82) is 0 Å². The van der Waals surface area contributed by atoms with Gasteiger partial charge < -0.3 is 13.7 Å². The van der Waals surface area contributed by atoms with Crippen LogP contribution in [0.4, 0.5) is 17.1 Å². The Morgan fingerprint density at radius 1 is 0.246 bits per heavy atom. The lowest BCUT2D eigenvalue weighted by molar-refractivity contribution is 0.369. The van der Waals surface area contributed by atoms with Crippen molar-refractivity contribution in [3.05, 3.63) is 375 Å². The van der Waals surface area contributed by atoms with Crippen molar-refractivity contribution in [2.24, 2.45) is 0 Å². The predicted molar refractivity (Wildman–Crippen MR) is 514 cm³/mol. The molecule has 5 aliphatic rings. The van der Waals surface area contributed by atoms with Gasteiger partial charge in [0, 0.05) is 60.4 Å². The van der Waals surface area contributed by atoms with Crippen molar-refractivity contribution in [3.8, 4) is 55.6 Å². The molecule has 122 heavy (non-hydrogen) atoms. The summed E-state index contributed by atoms with van der Waals surface area (Å²) in [5, 5.41) is 4.86. The van der Waals surface area contributed by atoms with Gasteiger partial charge in [-0.1, -0.05) is 400 Å². The van der Waals surface area contributed by atoms with Crippen LogP contribution in [-0.4, -0.2) is 0 Å². The molecule has 0 aliphatic heterocycles. The molecule has 0 saturated heterocycles. The van der Waals surface area contributed by atoms with Crippen LogP contribution in [0.25, 0.3) is 99.5 Å². The second-order valence-electron chi connectivity index (χ2n) is 37.2. The number of fused-ring (bicyclic) bond motifs is 25. The Balaban J connectivity index is 0.851. The van der Waals surface area contributed by atoms with Crippen LogP contribution in [0.2, 0.25) is 0 Å². The predicted octanol–water partition coefficient (Wildman–Crippen LogP) is 34.0. The number of hydrogen-bond acceptors (Lipinski definition) is 3. The number of nitrogens with zero attached hydrogens (tertiary/aromatic N) is 1. The molecular weight excluding hydrogens is 1480 g/mol. The zero-order chi connectivity index (χ0) is 82.3. The zero-order valence-corrected chi connectivity index (χ0v) is 72.5. The highest BCUT2D eigenvalue weighted by atomic mass is 16.3. The Morgan fingerprint density at radius 2 is 0.623 bits per heavy atom. The van der Waals surface area contributed by atoms with Crippen molar-refractivity contribution in [1.82, 2.24) is 0 Å². The maximum Gasteiger partial charge on any atom is 0.144 e. The Bertz CT molecular complexity index is 6520. The van der Waals surface area contributed by atoms with Gasteiger partial charge in [0.25, 0.3) is 0 Å². The number of benzene rings is 14. The summed E-state index contributed by atoms with van der Waals surface area (Å²) in [6.45, 7) is 14.4. The molecule has 0 saturated carbocycles. The molecule has 0 fully saturated rings. The van der Waals surface area contributed by atoms with E-state index in [1.165, 1.54) is 249 Å². The summed E-state index contributed by atoms with van der Waals surface area (Å²) < 4.78 is 14.8. The second-order valence-corrected chi connectivity index (χ2v) is 37.2. The van der Waals surface area contributed by atoms with E-state index in [4.69, 9.17) is 8.83 Å². The summed E-state index contributed by atoms with van der Waals surface area (Å²) in [5.41, 5.74) is 37.4. The van der Waals surface area contributed by atoms with Crippen LogP contribution in [-0.2, 0) is 27.1 Å². The molecule has 0 radical (unpaired) electrons. The van der Waals surface area contributed by atoms with E-state index in [9.17, 15) is 0 Å². The molecule has 3 nitrogen and oxygen atoms in total. The molecule has 2 aromatic heterocycles. The van der Waals surface area contributed by atoms with E-state index in [0.717, 1.165) is 83.0 Å². The number of hydrogen-bond donors (Lipinski definition) is 0. The molecule has 21 rings (SSSR count). The van der Waals surface area contributed by atoms with Gasteiger partial charge in [0.05, 0.1) is 10.8 Å². The molecule has 0 amide bonds. The topological polar surface area (TPSA) is 29.5 Å². The van der Waals surface area contributed by atoms with Gasteiger partial charge in [0.15, 0.2) is 0 Å². The van der Waals surface area contributed by atoms with Gasteiger partial charge in [-0.3, -0.25) is 0 Å². The molecule has 0 bridgehead atoms. The van der Waals surface area contributed by atoms with Crippen LogP contribution < -0.4 is 4.90 Å². The van der Waals surface area contributed by atoms with Crippen molar-refractivity contribution in [2.45, 2.75) is 223 Å². The maximum absolute atomic E-state index is 7.80. The SMILES string of the molecule is CCCCCCCC1(CCCCCCC)c2cc(N(c3ccc4c(c3)C(C)(C)c3ccccc3-4)c3ccc4c(c3)C(c3ccccc3)(c3ccccc3)c3cc5c(cc3-4)C(c3ccccc3)(c3ccccc3)c3ccc4oc6ccccc6c4c3-5)ccc2-c2c1c1c(c3c2oc2ccccc23)-c2ccccc2C1(CCCCCCC)CCCCCCC. The number of rotatable bonds is 31. The molecule has 608 valence electrons. The van der Waals surface area contributed by atoms with Gasteiger partial charge in [-0.15, -0.1) is 0 Å². The van der Waals surface area contributed by atoms with Crippen LogP contribution in [0.1, 0.15) is 274 Å². The van der Waals surface area contributed by atoms with Gasteiger partial charge >= 0.3 is 0 Å². The Kier molecular flexibility index (Phi) is 20.2. The lowest BCUT2D eigenvalue weighted by Gasteiger charge is -2.40. The van der Waals surface area contributed by atoms with E-state index in [1.807, 2.05) is 0 Å². The fraction of sp³-hybridized carbons (Fsp3) is 0.294. The van der Waals surface area contributed by atoms with Gasteiger partial charge in [0.1, 0.15) is 22.3 Å². The molecule has 14 aromatic carbocycles. The van der Waals surface area contributed by atoms with Gasteiger partial charge in [-0.2, -0.15) is 0 Å². The third kappa shape index (κ3) is 11.9. The minimum Gasteiger partial charge on any atom is -0.456 e. The lowest BCUT2D eigenvalue weighted by Crippen LogP contribution is -2.33. The van der Waals surface area contributed by atoms with Gasteiger partial charge in [-0.05, 0) is 220 Å². The van der Waals surface area contributed by atoms with Crippen LogP contribution in [0, 0.1) is 0 Å². The fourth-order valence-electron chi connectivity index (χ4n) is 24.7. The van der Waals surface area contributed by atoms with Crippen LogP contribution >= 0.6 is 0 Å². The summed E-state index contributed by atoms with van der Waals surface area (Å²) in [4.78, 5) is 2.72. The number of para-hydroxylation sites is 2. The summed E-state index contributed by atoms with van der Waals surface area (Å²) in [6.07, 6.45) is 29.2. The van der Waals surface area contributed by atoms with E-state index in [0.29, 0.717) is 0 Å². The van der Waals surface area contributed by atoms with E-state index < -0.39 is 10.8 Å². The van der Waals surface area contributed by atoms with Gasteiger partial charge in [-0.25, -0.2) is 0 Å². The molecule has 0 N–H and O–H groups in total. The van der Waals surface area contributed by atoms with E-state index in [2.05, 4.69) is 344 Å². The Hall–Kier alpha value is -11.5. The molecule has 16 aromatic rings. The second kappa shape index (κ2) is 31.7. The van der Waals surface area contributed by atoms with Crippen LogP contribution in [0.5, 0.6) is 0 Å². The average Bonchev–Trinajstić information content (AvgIpc) is 1.52. The molecule has 0 unspecified atom stereocenters. The number of furan rings is 2. The smallest absolute Gasteiger partial charge is 0.144 e. The van der Waals surface area contributed by atoms with Crippen molar-refractivity contribution in [3.63, 3.8) is 0 Å². The normalized spacial score (nSPS) is 15.1. The first-order valence-corrected chi connectivity index (χ1v) is 47.0. The van der Waals surface area contributed by atoms with Crippen LogP contribution in [0.15, 0.2) is 306 Å². The van der Waals surface area contributed by atoms with E-state index in [-0.39, 0.29) is 16.2 Å². The zero-order valence-electron chi connectivity index (χ0n) is 72.5. The first-order chi connectivity index (χ1) is 60.1. The summed E-state index contributed by atoms with van der Waals surface area (Å²) >= 11 is 0.